The van der Waals surface area contributed by atoms with Crippen LogP contribution in [0.3, 0.4) is 0 Å². The van der Waals surface area contributed by atoms with E-state index in [2.05, 4.69) is 10.3 Å². The molecule has 0 spiro atoms. The summed E-state index contributed by atoms with van der Waals surface area (Å²) < 4.78 is 32.9. The Morgan fingerprint density at radius 3 is 2.54 bits per heavy atom. The highest BCUT2D eigenvalue weighted by Crippen LogP contribution is 2.25. The van der Waals surface area contributed by atoms with Crippen LogP contribution >= 0.6 is 11.3 Å². The van der Waals surface area contributed by atoms with Gasteiger partial charge in [0.15, 0.2) is 10.9 Å². The van der Waals surface area contributed by atoms with Gasteiger partial charge in [0.25, 0.3) is 0 Å². The van der Waals surface area contributed by atoms with Crippen LogP contribution in [-0.4, -0.2) is 56.3 Å². The molecule has 2 aromatic carbocycles. The van der Waals surface area contributed by atoms with Crippen molar-refractivity contribution in [2.24, 2.45) is 0 Å². The van der Waals surface area contributed by atoms with Crippen molar-refractivity contribution in [3.63, 3.8) is 0 Å². The number of morpholine rings is 1. The number of hydrogen-bond donors (Lipinski definition) is 1. The molecule has 7 nitrogen and oxygen atoms in total. The van der Waals surface area contributed by atoms with Gasteiger partial charge in [-0.1, -0.05) is 23.5 Å². The van der Waals surface area contributed by atoms with Crippen LogP contribution in [0.5, 0.6) is 0 Å². The summed E-state index contributed by atoms with van der Waals surface area (Å²) in [5.74, 6) is -0.130. The first kappa shape index (κ1) is 19.0. The van der Waals surface area contributed by atoms with Crippen molar-refractivity contribution in [1.82, 2.24) is 9.29 Å². The van der Waals surface area contributed by atoms with Gasteiger partial charge in [-0.05, 0) is 36.4 Å². The molecule has 1 aliphatic rings. The lowest BCUT2D eigenvalue weighted by Gasteiger charge is -2.26. The molecule has 0 unspecified atom stereocenters. The van der Waals surface area contributed by atoms with Gasteiger partial charge in [0, 0.05) is 18.7 Å². The second-order valence-corrected chi connectivity index (χ2v) is 9.27. The lowest BCUT2D eigenvalue weighted by atomic mass is 10.1. The fourth-order valence-electron chi connectivity index (χ4n) is 2.95. The molecule has 0 saturated carbocycles. The van der Waals surface area contributed by atoms with Gasteiger partial charge in [-0.2, -0.15) is 4.31 Å². The van der Waals surface area contributed by atoms with Crippen LogP contribution in [0.4, 0.5) is 5.13 Å². The van der Waals surface area contributed by atoms with Crippen molar-refractivity contribution in [3.05, 3.63) is 54.1 Å². The summed E-state index contributed by atoms with van der Waals surface area (Å²) in [7, 11) is -3.56. The Balaban J connectivity index is 1.42. The number of anilines is 1. The number of nitrogens with zero attached hydrogens (tertiary/aromatic N) is 2. The van der Waals surface area contributed by atoms with Crippen LogP contribution in [0.25, 0.3) is 10.2 Å². The van der Waals surface area contributed by atoms with Crippen LogP contribution in [0.15, 0.2) is 53.4 Å². The first-order chi connectivity index (χ1) is 13.5. The fourth-order valence-corrected chi connectivity index (χ4v) is 5.22. The number of nitrogens with one attached hydrogen (secondary N) is 1. The lowest BCUT2D eigenvalue weighted by Crippen LogP contribution is -2.40. The largest absolute Gasteiger partial charge is 0.379 e. The lowest BCUT2D eigenvalue weighted by molar-refractivity contribution is 0.0730. The van der Waals surface area contributed by atoms with Gasteiger partial charge in [-0.25, -0.2) is 13.4 Å². The number of thiazole rings is 1. The SMILES string of the molecule is O=C(CNc1nc2ccccc2s1)c1ccc(S(=O)(=O)N2CCOCC2)cc1. The van der Waals surface area contributed by atoms with E-state index < -0.39 is 10.0 Å². The third-order valence-electron chi connectivity index (χ3n) is 4.48. The quantitative estimate of drug-likeness (QED) is 0.620. The third-order valence-corrected chi connectivity index (χ3v) is 7.39. The zero-order valence-electron chi connectivity index (χ0n) is 15.0. The van der Waals surface area contributed by atoms with Crippen molar-refractivity contribution in [2.45, 2.75) is 4.90 Å². The summed E-state index contributed by atoms with van der Waals surface area (Å²) in [6.07, 6.45) is 0. The van der Waals surface area contributed by atoms with E-state index in [1.807, 2.05) is 24.3 Å². The molecule has 3 aromatic rings. The average molecular weight is 418 g/mol. The number of carbonyl (C=O) groups is 1. The van der Waals surface area contributed by atoms with Crippen molar-refractivity contribution >= 4 is 42.5 Å². The Morgan fingerprint density at radius 1 is 1.11 bits per heavy atom. The highest BCUT2D eigenvalue weighted by atomic mass is 32.2. The predicted molar refractivity (Wildman–Crippen MR) is 108 cm³/mol. The second kappa shape index (κ2) is 7.96. The summed E-state index contributed by atoms with van der Waals surface area (Å²) >= 11 is 1.49. The minimum absolute atomic E-state index is 0.0926. The van der Waals surface area contributed by atoms with Crippen molar-refractivity contribution in [1.29, 1.82) is 0 Å². The van der Waals surface area contributed by atoms with E-state index in [0.29, 0.717) is 37.0 Å². The molecule has 2 heterocycles. The van der Waals surface area contributed by atoms with E-state index in [1.165, 1.54) is 27.8 Å². The molecule has 9 heteroatoms. The topological polar surface area (TPSA) is 88.6 Å². The average Bonchev–Trinajstić information content (AvgIpc) is 3.16. The third kappa shape index (κ3) is 3.93. The smallest absolute Gasteiger partial charge is 0.243 e. The highest BCUT2D eigenvalue weighted by Gasteiger charge is 2.26. The predicted octanol–water partition coefficient (Wildman–Crippen LogP) is 2.61. The van der Waals surface area contributed by atoms with Gasteiger partial charge < -0.3 is 10.1 Å². The molecule has 0 radical (unpaired) electrons. The van der Waals surface area contributed by atoms with E-state index in [4.69, 9.17) is 4.74 Å². The second-order valence-electron chi connectivity index (χ2n) is 6.30. The number of aromatic nitrogens is 1. The minimum Gasteiger partial charge on any atom is -0.379 e. The van der Waals surface area contributed by atoms with Gasteiger partial charge in [-0.3, -0.25) is 4.79 Å². The molecule has 0 atom stereocenters. The van der Waals surface area contributed by atoms with E-state index in [1.54, 1.807) is 12.1 Å². The number of para-hydroxylation sites is 1. The molecule has 1 aliphatic heterocycles. The number of carbonyl (C=O) groups excluding carboxylic acids is 1. The van der Waals surface area contributed by atoms with Crippen molar-refractivity contribution in [2.75, 3.05) is 38.2 Å². The first-order valence-electron chi connectivity index (χ1n) is 8.85. The Morgan fingerprint density at radius 2 is 1.82 bits per heavy atom. The van der Waals surface area contributed by atoms with Crippen LogP contribution < -0.4 is 5.32 Å². The van der Waals surface area contributed by atoms with Gasteiger partial charge in [0.2, 0.25) is 10.0 Å². The number of ether oxygens (including phenoxy) is 1. The molecular formula is C19H19N3O4S2. The summed E-state index contributed by atoms with van der Waals surface area (Å²) in [4.78, 5) is 17.1. The number of rotatable bonds is 6. The van der Waals surface area contributed by atoms with E-state index >= 15 is 0 Å². The zero-order valence-corrected chi connectivity index (χ0v) is 16.6. The number of hydrogen-bond acceptors (Lipinski definition) is 7. The van der Waals surface area contributed by atoms with E-state index in [0.717, 1.165) is 10.2 Å². The molecule has 28 heavy (non-hydrogen) atoms. The highest BCUT2D eigenvalue weighted by molar-refractivity contribution is 7.89. The van der Waals surface area contributed by atoms with Crippen molar-refractivity contribution in [3.8, 4) is 0 Å². The van der Waals surface area contributed by atoms with Gasteiger partial charge >= 0.3 is 0 Å². The van der Waals surface area contributed by atoms with Crippen LogP contribution in [0, 0.1) is 0 Å². The van der Waals surface area contributed by atoms with E-state index in [9.17, 15) is 13.2 Å². The number of benzene rings is 2. The number of sulfonamides is 1. The standard InChI is InChI=1S/C19H19N3O4S2/c23-17(13-20-19-21-16-3-1-2-4-18(16)27-19)14-5-7-15(8-6-14)28(24,25)22-9-11-26-12-10-22/h1-8H,9-13H2,(H,20,21). The minimum atomic E-state index is -3.56. The zero-order chi connectivity index (χ0) is 19.6. The maximum atomic E-state index is 12.6. The molecule has 146 valence electrons. The Kier molecular flexibility index (Phi) is 5.40. The summed E-state index contributed by atoms with van der Waals surface area (Å²) in [6.45, 7) is 1.57. The van der Waals surface area contributed by atoms with Gasteiger partial charge in [0.05, 0.1) is 34.9 Å². The summed E-state index contributed by atoms with van der Waals surface area (Å²) in [6, 6.07) is 13.8. The fraction of sp³-hybridized carbons (Fsp3) is 0.263. The Labute approximate surface area is 167 Å². The summed E-state index contributed by atoms with van der Waals surface area (Å²) in [5.41, 5.74) is 1.34. The molecule has 4 rings (SSSR count). The first-order valence-corrected chi connectivity index (χ1v) is 11.1. The summed E-state index contributed by atoms with van der Waals surface area (Å²) in [5, 5.41) is 3.73. The number of Topliss-reactive ketones (excluding diaryl/α,β-unsaturated/α-hetero) is 1. The van der Waals surface area contributed by atoms with Crippen LogP contribution in [0.2, 0.25) is 0 Å². The Bertz CT molecular complexity index is 1050. The van der Waals surface area contributed by atoms with Crippen LogP contribution in [0.1, 0.15) is 10.4 Å². The molecule has 1 fully saturated rings. The number of ketones is 1. The monoisotopic (exact) mass is 417 g/mol. The Hall–Kier alpha value is -2.33. The molecular weight excluding hydrogens is 398 g/mol. The normalized spacial score (nSPS) is 15.6. The molecule has 0 amide bonds. The molecule has 0 aliphatic carbocycles. The van der Waals surface area contributed by atoms with E-state index in [-0.39, 0.29) is 17.2 Å². The number of fused-ring (bicyclic) bond motifs is 1. The maximum Gasteiger partial charge on any atom is 0.243 e. The molecule has 1 saturated heterocycles. The van der Waals surface area contributed by atoms with Crippen LogP contribution in [-0.2, 0) is 14.8 Å². The van der Waals surface area contributed by atoms with Gasteiger partial charge in [-0.15, -0.1) is 0 Å². The van der Waals surface area contributed by atoms with Gasteiger partial charge in [0.1, 0.15) is 0 Å². The maximum absolute atomic E-state index is 12.6. The van der Waals surface area contributed by atoms with Crippen molar-refractivity contribution < 1.29 is 17.9 Å². The molecule has 0 bridgehead atoms. The molecule has 1 aromatic heterocycles. The molecule has 1 N–H and O–H groups in total.